The normalized spacial score (nSPS) is 28.3. The molecule has 0 unspecified atom stereocenters. The summed E-state index contributed by atoms with van der Waals surface area (Å²) in [6.45, 7) is 10.0. The largest absolute Gasteiger partial charge is 0.444 e. The van der Waals surface area contributed by atoms with Gasteiger partial charge in [0.05, 0.1) is 19.3 Å². The lowest BCUT2D eigenvalue weighted by atomic mass is 10.0. The average molecular weight is 342 g/mol. The summed E-state index contributed by atoms with van der Waals surface area (Å²) < 4.78 is 16.4. The quantitative estimate of drug-likeness (QED) is 0.842. The van der Waals surface area contributed by atoms with Crippen molar-refractivity contribution in [3.8, 4) is 0 Å². The molecular formula is C17H30N2O5. The van der Waals surface area contributed by atoms with Crippen LogP contribution in [0.15, 0.2) is 0 Å². The third kappa shape index (κ3) is 5.34. The lowest BCUT2D eigenvalue weighted by molar-refractivity contribution is -0.138. The van der Waals surface area contributed by atoms with Crippen molar-refractivity contribution in [1.29, 1.82) is 0 Å². The zero-order chi connectivity index (χ0) is 17.7. The van der Waals surface area contributed by atoms with Crippen molar-refractivity contribution in [2.75, 3.05) is 32.9 Å². The third-order valence-electron chi connectivity index (χ3n) is 4.21. The second-order valence-corrected chi connectivity index (χ2v) is 7.52. The van der Waals surface area contributed by atoms with Gasteiger partial charge < -0.3 is 19.5 Å². The molecular weight excluding hydrogens is 312 g/mol. The van der Waals surface area contributed by atoms with E-state index in [1.807, 2.05) is 27.7 Å². The van der Waals surface area contributed by atoms with E-state index < -0.39 is 17.7 Å². The molecule has 7 heteroatoms. The van der Waals surface area contributed by atoms with E-state index in [0.29, 0.717) is 32.2 Å². The molecule has 138 valence electrons. The van der Waals surface area contributed by atoms with Crippen molar-refractivity contribution in [3.63, 3.8) is 0 Å². The van der Waals surface area contributed by atoms with Crippen LogP contribution in [-0.2, 0) is 19.0 Å². The number of rotatable bonds is 3. The van der Waals surface area contributed by atoms with E-state index in [2.05, 4.69) is 5.32 Å². The molecule has 0 aliphatic carbocycles. The maximum atomic E-state index is 12.7. The molecule has 2 saturated heterocycles. The van der Waals surface area contributed by atoms with Crippen LogP contribution in [0.2, 0.25) is 0 Å². The van der Waals surface area contributed by atoms with Crippen LogP contribution < -0.4 is 5.32 Å². The molecule has 0 radical (unpaired) electrons. The first-order valence-electron chi connectivity index (χ1n) is 8.74. The number of nitrogens with one attached hydrogen (secondary N) is 1. The number of morpholine rings is 1. The smallest absolute Gasteiger partial charge is 0.411 e. The van der Waals surface area contributed by atoms with Gasteiger partial charge in [-0.3, -0.25) is 9.69 Å². The molecule has 0 aromatic rings. The summed E-state index contributed by atoms with van der Waals surface area (Å²) in [5.74, 6) is 0.135. The molecule has 0 bridgehead atoms. The van der Waals surface area contributed by atoms with E-state index in [0.717, 1.165) is 19.4 Å². The summed E-state index contributed by atoms with van der Waals surface area (Å²) in [6, 6.07) is -0.668. The highest BCUT2D eigenvalue weighted by atomic mass is 16.6. The fraction of sp³-hybridized carbons (Fsp3) is 0.882. The molecule has 7 nitrogen and oxygen atoms in total. The molecule has 0 aromatic carbocycles. The second-order valence-electron chi connectivity index (χ2n) is 7.52. The van der Waals surface area contributed by atoms with E-state index in [9.17, 15) is 9.59 Å². The predicted molar refractivity (Wildman–Crippen MR) is 88.7 cm³/mol. The van der Waals surface area contributed by atoms with Crippen LogP contribution in [0.4, 0.5) is 4.79 Å². The Morgan fingerprint density at radius 1 is 1.29 bits per heavy atom. The Bertz CT molecular complexity index is 443. The summed E-state index contributed by atoms with van der Waals surface area (Å²) in [7, 11) is 0. The fourth-order valence-corrected chi connectivity index (χ4v) is 3.02. The van der Waals surface area contributed by atoms with Crippen LogP contribution in [0, 0.1) is 5.92 Å². The zero-order valence-electron chi connectivity index (χ0n) is 15.2. The standard InChI is InChI=1S/C17H30N2O5/c1-12-14(15(20)18-10-13-6-5-8-22-11-13)19(7-9-23-12)16(21)24-17(2,3)4/h12-14H,5-11H2,1-4H3,(H,18,20)/t12-,13-,14+/m1/s1. The molecule has 1 N–H and O–H groups in total. The first-order valence-corrected chi connectivity index (χ1v) is 8.74. The van der Waals surface area contributed by atoms with Gasteiger partial charge in [-0.25, -0.2) is 4.79 Å². The van der Waals surface area contributed by atoms with Gasteiger partial charge >= 0.3 is 6.09 Å². The number of ether oxygens (including phenoxy) is 3. The van der Waals surface area contributed by atoms with Crippen LogP contribution >= 0.6 is 0 Å². The maximum absolute atomic E-state index is 12.7. The van der Waals surface area contributed by atoms with Gasteiger partial charge in [0.15, 0.2) is 0 Å². The summed E-state index contributed by atoms with van der Waals surface area (Å²) in [5, 5.41) is 2.95. The molecule has 2 amide bonds. The Morgan fingerprint density at radius 2 is 2.04 bits per heavy atom. The van der Waals surface area contributed by atoms with Crippen molar-refractivity contribution in [3.05, 3.63) is 0 Å². The predicted octanol–water partition coefficient (Wildman–Crippen LogP) is 1.55. The van der Waals surface area contributed by atoms with Crippen molar-refractivity contribution in [1.82, 2.24) is 10.2 Å². The molecule has 3 atom stereocenters. The SMILES string of the molecule is C[C@H]1OCCN(C(=O)OC(C)(C)C)[C@@H]1C(=O)NC[C@H]1CCCOC1. The molecule has 2 aliphatic rings. The average Bonchev–Trinajstić information content (AvgIpc) is 2.51. The minimum atomic E-state index is -0.668. The number of nitrogens with zero attached hydrogens (tertiary/aromatic N) is 1. The van der Waals surface area contributed by atoms with Crippen molar-refractivity contribution < 1.29 is 23.8 Å². The molecule has 0 spiro atoms. The maximum Gasteiger partial charge on any atom is 0.411 e. The van der Waals surface area contributed by atoms with Gasteiger partial charge in [-0.15, -0.1) is 0 Å². The Labute approximate surface area is 144 Å². The summed E-state index contributed by atoms with van der Waals surface area (Å²) in [5.41, 5.74) is -0.598. The van der Waals surface area contributed by atoms with Gasteiger partial charge in [0.25, 0.3) is 0 Å². The highest BCUT2D eigenvalue weighted by Crippen LogP contribution is 2.19. The van der Waals surface area contributed by atoms with Crippen LogP contribution in [0.3, 0.4) is 0 Å². The van der Waals surface area contributed by atoms with E-state index >= 15 is 0 Å². The van der Waals surface area contributed by atoms with Crippen molar-refractivity contribution in [2.45, 2.75) is 58.3 Å². The monoisotopic (exact) mass is 342 g/mol. The van der Waals surface area contributed by atoms with E-state index in [-0.39, 0.29) is 12.0 Å². The number of amides is 2. The van der Waals surface area contributed by atoms with Gasteiger partial charge in [-0.1, -0.05) is 0 Å². The summed E-state index contributed by atoms with van der Waals surface area (Å²) in [4.78, 5) is 26.6. The number of carbonyl (C=O) groups excluding carboxylic acids is 2. The molecule has 0 saturated carbocycles. The molecule has 0 aromatic heterocycles. The van der Waals surface area contributed by atoms with Gasteiger partial charge in [-0.05, 0) is 46.5 Å². The fourth-order valence-electron chi connectivity index (χ4n) is 3.02. The first kappa shape index (κ1) is 19.0. The molecule has 2 aliphatic heterocycles. The second kappa shape index (κ2) is 8.16. The zero-order valence-corrected chi connectivity index (χ0v) is 15.2. The van der Waals surface area contributed by atoms with Crippen molar-refractivity contribution in [2.24, 2.45) is 5.92 Å². The van der Waals surface area contributed by atoms with Gasteiger partial charge in [0, 0.05) is 19.7 Å². The topological polar surface area (TPSA) is 77.1 Å². The Kier molecular flexibility index (Phi) is 6.46. The van der Waals surface area contributed by atoms with Gasteiger partial charge in [-0.2, -0.15) is 0 Å². The molecule has 2 rings (SSSR count). The summed E-state index contributed by atoms with van der Waals surface area (Å²) in [6.07, 6.45) is 1.23. The van der Waals surface area contributed by atoms with Crippen LogP contribution in [0.1, 0.15) is 40.5 Å². The first-order chi connectivity index (χ1) is 11.3. The molecule has 2 fully saturated rings. The third-order valence-corrected chi connectivity index (χ3v) is 4.21. The van der Waals surface area contributed by atoms with Crippen LogP contribution in [0.25, 0.3) is 0 Å². The number of hydrogen-bond acceptors (Lipinski definition) is 5. The van der Waals surface area contributed by atoms with E-state index in [1.165, 1.54) is 4.90 Å². The van der Waals surface area contributed by atoms with Crippen LogP contribution in [-0.4, -0.2) is 67.6 Å². The Morgan fingerprint density at radius 3 is 2.67 bits per heavy atom. The van der Waals surface area contributed by atoms with E-state index in [4.69, 9.17) is 14.2 Å². The molecule has 24 heavy (non-hydrogen) atoms. The van der Waals surface area contributed by atoms with Crippen LogP contribution in [0.5, 0.6) is 0 Å². The molecule has 2 heterocycles. The van der Waals surface area contributed by atoms with E-state index in [1.54, 1.807) is 0 Å². The lowest BCUT2D eigenvalue weighted by Gasteiger charge is -2.39. The number of carbonyl (C=O) groups is 2. The number of hydrogen-bond donors (Lipinski definition) is 1. The minimum Gasteiger partial charge on any atom is -0.444 e. The lowest BCUT2D eigenvalue weighted by Crippen LogP contribution is -2.60. The Balaban J connectivity index is 1.96. The van der Waals surface area contributed by atoms with Gasteiger partial charge in [0.1, 0.15) is 11.6 Å². The summed E-state index contributed by atoms with van der Waals surface area (Å²) >= 11 is 0. The highest BCUT2D eigenvalue weighted by molar-refractivity contribution is 5.86. The van der Waals surface area contributed by atoms with Gasteiger partial charge in [0.2, 0.25) is 5.91 Å². The Hall–Kier alpha value is -1.34. The van der Waals surface area contributed by atoms with Crippen molar-refractivity contribution >= 4 is 12.0 Å². The minimum absolute atomic E-state index is 0.196. The highest BCUT2D eigenvalue weighted by Gasteiger charge is 2.40.